The van der Waals surface area contributed by atoms with Gasteiger partial charge in [-0.3, -0.25) is 0 Å². The first-order valence-electron chi connectivity index (χ1n) is 7.03. The van der Waals surface area contributed by atoms with Crippen molar-refractivity contribution in [1.29, 1.82) is 0 Å². The van der Waals surface area contributed by atoms with E-state index < -0.39 is 0 Å². The summed E-state index contributed by atoms with van der Waals surface area (Å²) in [6, 6.07) is 25.2. The lowest BCUT2D eigenvalue weighted by Gasteiger charge is -2.10. The zero-order valence-corrected chi connectivity index (χ0v) is 14.0. The molecule has 3 aromatic rings. The Hall–Kier alpha value is -1.97. The summed E-state index contributed by atoms with van der Waals surface area (Å²) in [6.07, 6.45) is 1.78. The van der Waals surface area contributed by atoms with Gasteiger partial charge in [-0.15, -0.1) is 0 Å². The maximum atomic E-state index is 4.68. The topological polar surface area (TPSA) is 47.9 Å². The molecule has 2 aromatic carbocycles. The van der Waals surface area contributed by atoms with Crippen molar-refractivity contribution < 1.29 is 0 Å². The molecule has 112 valence electrons. The minimum Gasteiger partial charge on any atom is -0.344 e. The lowest BCUT2D eigenvalue weighted by Crippen LogP contribution is -2.00. The summed E-state index contributed by atoms with van der Waals surface area (Å²) in [6.45, 7) is 0. The van der Waals surface area contributed by atoms with Gasteiger partial charge in [0.25, 0.3) is 0 Å². The SMILES string of the molecule is Brc1ccc(Cc2ccccc2)c(Cc2ccccc2)n1.N. The van der Waals surface area contributed by atoms with Crippen LogP contribution < -0.4 is 6.15 Å². The third kappa shape index (κ3) is 4.26. The summed E-state index contributed by atoms with van der Waals surface area (Å²) in [7, 11) is 0. The van der Waals surface area contributed by atoms with E-state index in [0.717, 1.165) is 23.1 Å². The van der Waals surface area contributed by atoms with Crippen LogP contribution in [0.5, 0.6) is 0 Å². The highest BCUT2D eigenvalue weighted by atomic mass is 79.9. The van der Waals surface area contributed by atoms with Crippen LogP contribution in [-0.4, -0.2) is 4.98 Å². The van der Waals surface area contributed by atoms with Crippen LogP contribution in [0.25, 0.3) is 0 Å². The first-order chi connectivity index (χ1) is 10.3. The fourth-order valence-corrected chi connectivity index (χ4v) is 2.77. The van der Waals surface area contributed by atoms with E-state index in [1.165, 1.54) is 16.7 Å². The van der Waals surface area contributed by atoms with Crippen molar-refractivity contribution in [1.82, 2.24) is 11.1 Å². The molecule has 0 spiro atoms. The Morgan fingerprint density at radius 3 is 1.82 bits per heavy atom. The molecular weight excluding hydrogens is 336 g/mol. The molecular formula is C19H19BrN2. The smallest absolute Gasteiger partial charge is 0.106 e. The van der Waals surface area contributed by atoms with Crippen LogP contribution in [-0.2, 0) is 12.8 Å². The van der Waals surface area contributed by atoms with Crippen LogP contribution in [0, 0.1) is 0 Å². The first kappa shape index (κ1) is 16.4. The van der Waals surface area contributed by atoms with Crippen molar-refractivity contribution in [3.63, 3.8) is 0 Å². The van der Waals surface area contributed by atoms with Gasteiger partial charge in [0, 0.05) is 12.1 Å². The maximum Gasteiger partial charge on any atom is 0.106 e. The van der Waals surface area contributed by atoms with Gasteiger partial charge in [0.05, 0.1) is 0 Å². The van der Waals surface area contributed by atoms with E-state index in [4.69, 9.17) is 0 Å². The summed E-state index contributed by atoms with van der Waals surface area (Å²) in [5.74, 6) is 0. The molecule has 1 heterocycles. The Balaban J connectivity index is 0.00000176. The number of benzene rings is 2. The van der Waals surface area contributed by atoms with E-state index in [1.807, 2.05) is 18.2 Å². The second-order valence-electron chi connectivity index (χ2n) is 5.06. The zero-order valence-electron chi connectivity index (χ0n) is 12.4. The molecule has 1 aromatic heterocycles. The Morgan fingerprint density at radius 1 is 0.682 bits per heavy atom. The Labute approximate surface area is 139 Å². The van der Waals surface area contributed by atoms with Crippen LogP contribution in [0.3, 0.4) is 0 Å². The first-order valence-corrected chi connectivity index (χ1v) is 7.83. The van der Waals surface area contributed by atoms with E-state index >= 15 is 0 Å². The summed E-state index contributed by atoms with van der Waals surface area (Å²) in [4.78, 5) is 4.68. The largest absolute Gasteiger partial charge is 0.344 e. The molecule has 0 fully saturated rings. The number of nitrogens with zero attached hydrogens (tertiary/aromatic N) is 1. The number of hydrogen-bond donors (Lipinski definition) is 1. The second-order valence-corrected chi connectivity index (χ2v) is 5.88. The fourth-order valence-electron chi connectivity index (χ4n) is 2.42. The fraction of sp³-hybridized carbons (Fsp3) is 0.105. The molecule has 0 bridgehead atoms. The molecule has 0 saturated heterocycles. The number of halogens is 1. The van der Waals surface area contributed by atoms with Crippen LogP contribution >= 0.6 is 15.9 Å². The molecule has 0 aliphatic carbocycles. The van der Waals surface area contributed by atoms with Gasteiger partial charge in [0.15, 0.2) is 0 Å². The highest BCUT2D eigenvalue weighted by molar-refractivity contribution is 9.10. The molecule has 0 aliphatic heterocycles. The summed E-state index contributed by atoms with van der Waals surface area (Å²) in [5, 5.41) is 0. The third-order valence-corrected chi connectivity index (χ3v) is 3.93. The normalized spacial score (nSPS) is 10.0. The molecule has 3 heteroatoms. The lowest BCUT2D eigenvalue weighted by molar-refractivity contribution is 0.993. The predicted molar refractivity (Wildman–Crippen MR) is 95.5 cm³/mol. The van der Waals surface area contributed by atoms with Crippen LogP contribution in [0.15, 0.2) is 77.4 Å². The summed E-state index contributed by atoms with van der Waals surface area (Å²) < 4.78 is 0.894. The van der Waals surface area contributed by atoms with Crippen LogP contribution in [0.1, 0.15) is 22.4 Å². The lowest BCUT2D eigenvalue weighted by atomic mass is 10.00. The van der Waals surface area contributed by atoms with E-state index in [2.05, 4.69) is 75.5 Å². The van der Waals surface area contributed by atoms with Crippen molar-refractivity contribution in [3.8, 4) is 0 Å². The number of pyridine rings is 1. The molecule has 0 atom stereocenters. The van der Waals surface area contributed by atoms with Crippen molar-refractivity contribution in [2.75, 3.05) is 0 Å². The average Bonchev–Trinajstić information content (AvgIpc) is 2.52. The molecule has 0 saturated carbocycles. The van der Waals surface area contributed by atoms with Crippen molar-refractivity contribution >= 4 is 15.9 Å². The van der Waals surface area contributed by atoms with Crippen LogP contribution in [0.2, 0.25) is 0 Å². The number of aromatic nitrogens is 1. The Morgan fingerprint density at radius 2 is 1.23 bits per heavy atom. The Kier molecular flexibility index (Phi) is 5.87. The molecule has 0 radical (unpaired) electrons. The standard InChI is InChI=1S/C19H16BrN.H3N/c20-19-12-11-17(13-15-7-3-1-4-8-15)18(21-19)14-16-9-5-2-6-10-16;/h1-12H,13-14H2;1H3. The van der Waals surface area contributed by atoms with Gasteiger partial charge in [-0.2, -0.15) is 0 Å². The van der Waals surface area contributed by atoms with Gasteiger partial charge in [-0.05, 0) is 45.1 Å². The van der Waals surface area contributed by atoms with Crippen molar-refractivity contribution in [2.24, 2.45) is 0 Å². The zero-order chi connectivity index (χ0) is 14.5. The maximum absolute atomic E-state index is 4.68. The predicted octanol–water partition coefficient (Wildman–Crippen LogP) is 5.19. The number of hydrogen-bond acceptors (Lipinski definition) is 2. The molecule has 3 rings (SSSR count). The van der Waals surface area contributed by atoms with Gasteiger partial charge in [0.1, 0.15) is 4.60 Å². The molecule has 0 unspecified atom stereocenters. The van der Waals surface area contributed by atoms with Crippen LogP contribution in [0.4, 0.5) is 0 Å². The summed E-state index contributed by atoms with van der Waals surface area (Å²) in [5.41, 5.74) is 5.03. The Bertz CT molecular complexity index is 712. The van der Waals surface area contributed by atoms with E-state index in [0.29, 0.717) is 0 Å². The highest BCUT2D eigenvalue weighted by Crippen LogP contribution is 2.19. The minimum absolute atomic E-state index is 0. The van der Waals surface area contributed by atoms with Gasteiger partial charge in [-0.25, -0.2) is 4.98 Å². The quantitative estimate of drug-likeness (QED) is 0.655. The van der Waals surface area contributed by atoms with E-state index in [-0.39, 0.29) is 6.15 Å². The highest BCUT2D eigenvalue weighted by Gasteiger charge is 2.07. The van der Waals surface area contributed by atoms with Gasteiger partial charge >= 0.3 is 0 Å². The molecule has 0 aliphatic rings. The molecule has 22 heavy (non-hydrogen) atoms. The molecule has 0 amide bonds. The van der Waals surface area contributed by atoms with Gasteiger partial charge < -0.3 is 6.15 Å². The van der Waals surface area contributed by atoms with E-state index in [1.54, 1.807) is 0 Å². The molecule has 2 nitrogen and oxygen atoms in total. The van der Waals surface area contributed by atoms with Gasteiger partial charge in [0.2, 0.25) is 0 Å². The van der Waals surface area contributed by atoms with Gasteiger partial charge in [-0.1, -0.05) is 66.7 Å². The monoisotopic (exact) mass is 354 g/mol. The van der Waals surface area contributed by atoms with Crippen molar-refractivity contribution in [3.05, 3.63) is 99.8 Å². The minimum atomic E-state index is 0. The third-order valence-electron chi connectivity index (χ3n) is 3.49. The number of rotatable bonds is 4. The van der Waals surface area contributed by atoms with Crippen molar-refractivity contribution in [2.45, 2.75) is 12.8 Å². The average molecular weight is 355 g/mol. The van der Waals surface area contributed by atoms with E-state index in [9.17, 15) is 0 Å². The molecule has 3 N–H and O–H groups in total. The summed E-state index contributed by atoms with van der Waals surface area (Å²) >= 11 is 3.48. The second kappa shape index (κ2) is 7.87.